The maximum absolute atomic E-state index is 13.4. The quantitative estimate of drug-likeness (QED) is 0.801. The maximum Gasteiger partial charge on any atom is 0.123 e. The van der Waals surface area contributed by atoms with Crippen LogP contribution in [0.1, 0.15) is 17.2 Å². The number of hydrazine groups is 1. The summed E-state index contributed by atoms with van der Waals surface area (Å²) >= 11 is 0. The molecule has 3 rings (SSSR count). The highest BCUT2D eigenvalue weighted by atomic mass is 19.1. The minimum Gasteiger partial charge on any atom is -0.315 e. The molecule has 3 nitrogen and oxygen atoms in total. The molecule has 2 aromatic rings. The number of hydrogen-bond acceptors (Lipinski definition) is 3. The Kier molecular flexibility index (Phi) is 3.78. The molecule has 4 N–H and O–H groups in total. The average molecular weight is 271 g/mol. The number of rotatable bonds is 3. The zero-order valence-corrected chi connectivity index (χ0v) is 11.1. The van der Waals surface area contributed by atoms with Crippen LogP contribution in [0, 0.1) is 11.7 Å². The summed E-state index contributed by atoms with van der Waals surface area (Å²) in [5.74, 6) is -0.0394. The first kappa shape index (κ1) is 13.2. The molecule has 0 spiro atoms. The molecule has 2 aromatic carbocycles. The Labute approximate surface area is 118 Å². The summed E-state index contributed by atoms with van der Waals surface area (Å²) in [5.41, 5.74) is 14.5. The first-order valence-corrected chi connectivity index (χ1v) is 6.80. The SMILES string of the molecule is NC1NNC(c2cccc(F)c2)C1Cc1ccccc1. The second kappa shape index (κ2) is 5.71. The Balaban J connectivity index is 1.83. The van der Waals surface area contributed by atoms with Crippen LogP contribution in [0.25, 0.3) is 0 Å². The molecular formula is C16H18FN3. The predicted molar refractivity (Wildman–Crippen MR) is 77.0 cm³/mol. The lowest BCUT2D eigenvalue weighted by Gasteiger charge is -2.21. The molecule has 0 radical (unpaired) electrons. The van der Waals surface area contributed by atoms with Gasteiger partial charge in [0.05, 0.1) is 12.2 Å². The zero-order chi connectivity index (χ0) is 13.9. The summed E-state index contributed by atoms with van der Waals surface area (Å²) in [6.07, 6.45) is 0.701. The van der Waals surface area contributed by atoms with Crippen molar-refractivity contribution in [2.45, 2.75) is 18.6 Å². The van der Waals surface area contributed by atoms with Crippen LogP contribution >= 0.6 is 0 Å². The normalized spacial score (nSPS) is 25.8. The van der Waals surface area contributed by atoms with Gasteiger partial charge in [0.1, 0.15) is 5.82 Å². The summed E-state index contributed by atoms with van der Waals surface area (Å²) in [6.45, 7) is 0. The summed E-state index contributed by atoms with van der Waals surface area (Å²) < 4.78 is 13.4. The van der Waals surface area contributed by atoms with Crippen LogP contribution in [0.4, 0.5) is 4.39 Å². The molecule has 4 heteroatoms. The Morgan fingerprint density at radius 1 is 1.00 bits per heavy atom. The van der Waals surface area contributed by atoms with Crippen molar-refractivity contribution in [3.8, 4) is 0 Å². The molecule has 0 amide bonds. The van der Waals surface area contributed by atoms with Gasteiger partial charge in [0, 0.05) is 5.92 Å². The molecule has 0 bridgehead atoms. The van der Waals surface area contributed by atoms with Crippen LogP contribution in [0.3, 0.4) is 0 Å². The van der Waals surface area contributed by atoms with E-state index in [0.717, 1.165) is 12.0 Å². The molecule has 3 unspecified atom stereocenters. The molecular weight excluding hydrogens is 253 g/mol. The number of hydrogen-bond donors (Lipinski definition) is 3. The lowest BCUT2D eigenvalue weighted by Crippen LogP contribution is -2.39. The van der Waals surface area contributed by atoms with Crippen molar-refractivity contribution in [2.75, 3.05) is 0 Å². The van der Waals surface area contributed by atoms with E-state index in [9.17, 15) is 4.39 Å². The van der Waals surface area contributed by atoms with Gasteiger partial charge in [-0.3, -0.25) is 0 Å². The summed E-state index contributed by atoms with van der Waals surface area (Å²) in [6, 6.07) is 16.9. The van der Waals surface area contributed by atoms with Gasteiger partial charge in [0.25, 0.3) is 0 Å². The number of halogens is 1. The summed E-state index contributed by atoms with van der Waals surface area (Å²) in [7, 11) is 0. The number of nitrogens with two attached hydrogens (primary N) is 1. The number of benzene rings is 2. The van der Waals surface area contributed by atoms with Crippen LogP contribution in [-0.2, 0) is 6.42 Å². The first-order valence-electron chi connectivity index (χ1n) is 6.80. The van der Waals surface area contributed by atoms with Gasteiger partial charge in [-0.05, 0) is 29.7 Å². The first-order chi connectivity index (χ1) is 9.74. The van der Waals surface area contributed by atoms with Gasteiger partial charge in [-0.15, -0.1) is 0 Å². The third-order valence-electron chi connectivity index (χ3n) is 3.82. The zero-order valence-electron chi connectivity index (χ0n) is 11.1. The average Bonchev–Trinajstić information content (AvgIpc) is 2.82. The van der Waals surface area contributed by atoms with Gasteiger partial charge in [0.15, 0.2) is 0 Å². The largest absolute Gasteiger partial charge is 0.315 e. The highest BCUT2D eigenvalue weighted by molar-refractivity contribution is 5.24. The van der Waals surface area contributed by atoms with Gasteiger partial charge in [-0.25, -0.2) is 15.2 Å². The predicted octanol–water partition coefficient (Wildman–Crippen LogP) is 2.12. The highest BCUT2D eigenvalue weighted by Gasteiger charge is 2.34. The molecule has 1 aliphatic heterocycles. The van der Waals surface area contributed by atoms with Crippen molar-refractivity contribution >= 4 is 0 Å². The van der Waals surface area contributed by atoms with Gasteiger partial charge < -0.3 is 5.73 Å². The van der Waals surface area contributed by atoms with Crippen LogP contribution in [0.15, 0.2) is 54.6 Å². The van der Waals surface area contributed by atoms with Crippen molar-refractivity contribution in [1.82, 2.24) is 10.9 Å². The molecule has 1 fully saturated rings. The van der Waals surface area contributed by atoms with E-state index in [2.05, 4.69) is 23.0 Å². The Hall–Kier alpha value is -1.75. The van der Waals surface area contributed by atoms with Crippen molar-refractivity contribution < 1.29 is 4.39 Å². The number of nitrogens with one attached hydrogen (secondary N) is 2. The van der Waals surface area contributed by atoms with Crippen molar-refractivity contribution in [3.05, 3.63) is 71.5 Å². The lowest BCUT2D eigenvalue weighted by atomic mass is 9.87. The lowest BCUT2D eigenvalue weighted by molar-refractivity contribution is 0.419. The molecule has 20 heavy (non-hydrogen) atoms. The fourth-order valence-corrected chi connectivity index (χ4v) is 2.77. The van der Waals surface area contributed by atoms with Crippen LogP contribution in [-0.4, -0.2) is 6.17 Å². The standard InChI is InChI=1S/C16H18FN3/c17-13-8-4-7-12(10-13)15-14(16(18)20-19-15)9-11-5-2-1-3-6-11/h1-8,10,14-16,19-20H,9,18H2. The minimum absolute atomic E-state index is 0.0147. The Morgan fingerprint density at radius 2 is 1.80 bits per heavy atom. The molecule has 1 aliphatic rings. The van der Waals surface area contributed by atoms with Crippen molar-refractivity contribution in [3.63, 3.8) is 0 Å². The summed E-state index contributed by atoms with van der Waals surface area (Å²) in [4.78, 5) is 0. The van der Waals surface area contributed by atoms with Gasteiger partial charge in [-0.2, -0.15) is 0 Å². The van der Waals surface area contributed by atoms with Crippen LogP contribution in [0.2, 0.25) is 0 Å². The van der Waals surface area contributed by atoms with E-state index in [1.54, 1.807) is 12.1 Å². The van der Waals surface area contributed by atoms with Crippen molar-refractivity contribution in [1.29, 1.82) is 0 Å². The minimum atomic E-state index is -0.219. The third-order valence-corrected chi connectivity index (χ3v) is 3.82. The van der Waals surface area contributed by atoms with E-state index in [0.29, 0.717) is 0 Å². The fourth-order valence-electron chi connectivity index (χ4n) is 2.77. The Bertz CT molecular complexity index is 573. The molecule has 1 heterocycles. The van der Waals surface area contributed by atoms with Crippen molar-refractivity contribution in [2.24, 2.45) is 11.7 Å². The molecule has 1 saturated heterocycles. The van der Waals surface area contributed by atoms with Gasteiger partial charge in [0.2, 0.25) is 0 Å². The second-order valence-electron chi connectivity index (χ2n) is 5.20. The van der Waals surface area contributed by atoms with E-state index in [1.165, 1.54) is 11.6 Å². The van der Waals surface area contributed by atoms with Crippen LogP contribution < -0.4 is 16.6 Å². The second-order valence-corrected chi connectivity index (χ2v) is 5.20. The van der Waals surface area contributed by atoms with E-state index in [-0.39, 0.29) is 23.9 Å². The summed E-state index contributed by atoms with van der Waals surface area (Å²) in [5, 5.41) is 0. The Morgan fingerprint density at radius 3 is 2.55 bits per heavy atom. The fraction of sp³-hybridized carbons (Fsp3) is 0.250. The van der Waals surface area contributed by atoms with Gasteiger partial charge >= 0.3 is 0 Å². The topological polar surface area (TPSA) is 50.1 Å². The smallest absolute Gasteiger partial charge is 0.123 e. The monoisotopic (exact) mass is 271 g/mol. The van der Waals surface area contributed by atoms with E-state index in [1.807, 2.05) is 24.3 Å². The molecule has 0 aromatic heterocycles. The maximum atomic E-state index is 13.4. The molecule has 0 aliphatic carbocycles. The molecule has 104 valence electrons. The molecule has 0 saturated carbocycles. The van der Waals surface area contributed by atoms with E-state index < -0.39 is 0 Å². The van der Waals surface area contributed by atoms with Gasteiger partial charge in [-0.1, -0.05) is 42.5 Å². The van der Waals surface area contributed by atoms with E-state index >= 15 is 0 Å². The third kappa shape index (κ3) is 2.72. The van der Waals surface area contributed by atoms with E-state index in [4.69, 9.17) is 5.73 Å². The van der Waals surface area contributed by atoms with Crippen LogP contribution in [0.5, 0.6) is 0 Å². The highest BCUT2D eigenvalue weighted by Crippen LogP contribution is 2.30. The molecule has 3 atom stereocenters.